The number of hydrogen-bond acceptors (Lipinski definition) is 2. The third kappa shape index (κ3) is 0.791. The second-order valence-electron chi connectivity index (χ2n) is 5.46. The van der Waals surface area contributed by atoms with Crippen LogP contribution in [0.5, 0.6) is 0 Å². The van der Waals surface area contributed by atoms with Crippen LogP contribution in [0.25, 0.3) is 0 Å². The molecule has 3 heterocycles. The van der Waals surface area contributed by atoms with E-state index in [0.717, 1.165) is 12.8 Å². The van der Waals surface area contributed by atoms with Gasteiger partial charge in [-0.25, -0.2) is 0 Å². The number of hydrogen-bond donors (Lipinski definition) is 0. The van der Waals surface area contributed by atoms with Gasteiger partial charge < -0.3 is 0 Å². The van der Waals surface area contributed by atoms with Crippen LogP contribution in [0.2, 0.25) is 0 Å². The minimum atomic E-state index is 0.101. The van der Waals surface area contributed by atoms with Gasteiger partial charge in [-0.15, -0.1) is 0 Å². The van der Waals surface area contributed by atoms with E-state index < -0.39 is 0 Å². The van der Waals surface area contributed by atoms with E-state index in [4.69, 9.17) is 9.98 Å². The third-order valence-corrected chi connectivity index (χ3v) is 4.63. The Bertz CT molecular complexity index is 651. The molecule has 5 rings (SSSR count). The van der Waals surface area contributed by atoms with Crippen molar-refractivity contribution >= 4 is 17.1 Å². The van der Waals surface area contributed by atoms with Gasteiger partial charge in [-0.3, -0.25) is 9.98 Å². The third-order valence-electron chi connectivity index (χ3n) is 4.63. The van der Waals surface area contributed by atoms with Crippen molar-refractivity contribution in [2.75, 3.05) is 0 Å². The Morgan fingerprint density at radius 2 is 2.18 bits per heavy atom. The quantitative estimate of drug-likeness (QED) is 0.642. The Kier molecular flexibility index (Phi) is 1.20. The summed E-state index contributed by atoms with van der Waals surface area (Å²) in [5.74, 6) is 0. The molecular weight excluding hydrogens is 208 g/mol. The molecule has 0 aromatic heterocycles. The van der Waals surface area contributed by atoms with Crippen molar-refractivity contribution in [1.82, 2.24) is 0 Å². The molecule has 3 bridgehead atoms. The predicted octanol–water partition coefficient (Wildman–Crippen LogP) is 2.96. The Labute approximate surface area is 99.8 Å². The van der Waals surface area contributed by atoms with Crippen LogP contribution >= 0.6 is 0 Å². The first-order chi connectivity index (χ1) is 8.37. The van der Waals surface area contributed by atoms with Crippen molar-refractivity contribution in [1.29, 1.82) is 0 Å². The normalized spacial score (nSPS) is 35.1. The summed E-state index contributed by atoms with van der Waals surface area (Å²) in [4.78, 5) is 9.74. The number of fused-ring (bicyclic) bond motifs is 3. The van der Waals surface area contributed by atoms with Gasteiger partial charge in [-0.2, -0.15) is 0 Å². The lowest BCUT2D eigenvalue weighted by atomic mass is 9.72. The summed E-state index contributed by atoms with van der Waals surface area (Å²) in [5.41, 5.74) is 6.84. The van der Waals surface area contributed by atoms with Gasteiger partial charge in [0.15, 0.2) is 0 Å². The highest BCUT2D eigenvalue weighted by Gasteiger charge is 2.53. The maximum Gasteiger partial charge on any atom is 0.0899 e. The van der Waals surface area contributed by atoms with Crippen molar-refractivity contribution in [3.05, 3.63) is 41.5 Å². The first-order valence-corrected chi connectivity index (χ1v) is 6.34. The monoisotopic (exact) mass is 220 g/mol. The number of nitrogens with zero attached hydrogens (tertiary/aromatic N) is 2. The fourth-order valence-electron chi connectivity index (χ4n) is 3.92. The van der Waals surface area contributed by atoms with E-state index in [-0.39, 0.29) is 5.41 Å². The summed E-state index contributed by atoms with van der Waals surface area (Å²) in [6, 6.07) is 8.96. The van der Waals surface area contributed by atoms with Crippen molar-refractivity contribution in [2.45, 2.75) is 30.7 Å². The van der Waals surface area contributed by atoms with E-state index >= 15 is 0 Å². The first-order valence-electron chi connectivity index (χ1n) is 6.34. The zero-order valence-corrected chi connectivity index (χ0v) is 9.48. The van der Waals surface area contributed by atoms with Crippen LogP contribution in [-0.2, 0) is 5.41 Å². The van der Waals surface area contributed by atoms with Gasteiger partial charge >= 0.3 is 0 Å². The van der Waals surface area contributed by atoms with Crippen molar-refractivity contribution < 1.29 is 0 Å². The zero-order chi connectivity index (χ0) is 11.0. The van der Waals surface area contributed by atoms with Gasteiger partial charge in [0.1, 0.15) is 0 Å². The van der Waals surface area contributed by atoms with Crippen LogP contribution in [0.4, 0.5) is 5.69 Å². The number of rotatable bonds is 0. The van der Waals surface area contributed by atoms with E-state index in [0.29, 0.717) is 6.04 Å². The van der Waals surface area contributed by atoms with Crippen LogP contribution in [0.3, 0.4) is 0 Å². The van der Waals surface area contributed by atoms with Crippen LogP contribution in [0.15, 0.2) is 45.9 Å². The molecule has 0 N–H and O–H groups in total. The molecule has 2 atom stereocenters. The molecule has 0 amide bonds. The average molecular weight is 220 g/mol. The van der Waals surface area contributed by atoms with Crippen molar-refractivity contribution in [2.24, 2.45) is 9.98 Å². The summed E-state index contributed by atoms with van der Waals surface area (Å²) < 4.78 is 0. The highest BCUT2D eigenvalue weighted by Crippen LogP contribution is 2.54. The molecule has 1 aromatic rings. The fraction of sp³-hybridized carbons (Fsp3) is 0.333. The standard InChI is InChI=1S/C15H12N2/c1-2-4-11-10(3-1)15-7-9-5-6-12(14(15)17-11)16-13(9)8-15/h1-4,7,12H,5-6,8H2. The predicted molar refractivity (Wildman–Crippen MR) is 68.4 cm³/mol. The summed E-state index contributed by atoms with van der Waals surface area (Å²) in [5, 5.41) is 0. The molecule has 2 heteroatoms. The molecule has 1 spiro atoms. The summed E-state index contributed by atoms with van der Waals surface area (Å²) in [7, 11) is 0. The Balaban J connectivity index is 1.90. The molecule has 82 valence electrons. The minimum Gasteiger partial charge on any atom is -0.280 e. The van der Waals surface area contributed by atoms with Crippen LogP contribution in [0.1, 0.15) is 24.8 Å². The highest BCUT2D eigenvalue weighted by molar-refractivity contribution is 6.20. The largest absolute Gasteiger partial charge is 0.280 e. The molecule has 1 aliphatic carbocycles. The fourth-order valence-corrected chi connectivity index (χ4v) is 3.92. The second-order valence-corrected chi connectivity index (χ2v) is 5.46. The van der Waals surface area contributed by atoms with Gasteiger partial charge in [-0.1, -0.05) is 24.3 Å². The summed E-state index contributed by atoms with van der Waals surface area (Å²) in [6.07, 6.45) is 5.88. The first kappa shape index (κ1) is 8.40. The van der Waals surface area contributed by atoms with Gasteiger partial charge in [0, 0.05) is 12.1 Å². The molecule has 3 aliphatic heterocycles. The highest BCUT2D eigenvalue weighted by atomic mass is 15.0. The van der Waals surface area contributed by atoms with Crippen molar-refractivity contribution in [3.63, 3.8) is 0 Å². The lowest BCUT2D eigenvalue weighted by Gasteiger charge is -2.33. The Morgan fingerprint density at radius 1 is 1.24 bits per heavy atom. The van der Waals surface area contributed by atoms with Crippen LogP contribution in [-0.4, -0.2) is 17.5 Å². The SMILES string of the molecule is C1=C2CCC3N=C2CC12C3=Nc1ccccc12. The summed E-state index contributed by atoms with van der Waals surface area (Å²) in [6.45, 7) is 0. The number of benzene rings is 1. The smallest absolute Gasteiger partial charge is 0.0899 e. The van der Waals surface area contributed by atoms with E-state index in [1.807, 2.05) is 0 Å². The molecule has 1 aromatic carbocycles. The van der Waals surface area contributed by atoms with Gasteiger partial charge in [-0.05, 0) is 30.0 Å². The Morgan fingerprint density at radius 3 is 3.18 bits per heavy atom. The molecule has 4 aliphatic rings. The average Bonchev–Trinajstić information content (AvgIpc) is 2.82. The van der Waals surface area contributed by atoms with E-state index in [1.165, 1.54) is 34.7 Å². The molecule has 17 heavy (non-hydrogen) atoms. The molecule has 0 saturated carbocycles. The second kappa shape index (κ2) is 2.42. The lowest BCUT2D eigenvalue weighted by molar-refractivity contribution is 0.663. The van der Waals surface area contributed by atoms with E-state index in [9.17, 15) is 0 Å². The maximum atomic E-state index is 4.89. The molecule has 0 radical (unpaired) electrons. The zero-order valence-electron chi connectivity index (χ0n) is 9.48. The lowest BCUT2D eigenvalue weighted by Crippen LogP contribution is -2.41. The molecular formula is C15H12N2. The van der Waals surface area contributed by atoms with E-state index in [1.54, 1.807) is 0 Å². The Hall–Kier alpha value is -1.70. The van der Waals surface area contributed by atoms with Gasteiger partial charge in [0.25, 0.3) is 0 Å². The number of aliphatic imine (C=N–C) groups is 2. The number of allylic oxidation sites excluding steroid dienone is 2. The van der Waals surface area contributed by atoms with Crippen LogP contribution in [0, 0.1) is 0 Å². The maximum absolute atomic E-state index is 4.89. The van der Waals surface area contributed by atoms with Gasteiger partial charge in [0.2, 0.25) is 0 Å². The van der Waals surface area contributed by atoms with E-state index in [2.05, 4.69) is 30.3 Å². The molecule has 2 unspecified atom stereocenters. The molecule has 0 saturated heterocycles. The topological polar surface area (TPSA) is 24.7 Å². The van der Waals surface area contributed by atoms with Crippen LogP contribution < -0.4 is 0 Å². The van der Waals surface area contributed by atoms with Gasteiger partial charge in [0.05, 0.1) is 22.9 Å². The minimum absolute atomic E-state index is 0.101. The molecule has 0 fully saturated rings. The number of para-hydroxylation sites is 1. The van der Waals surface area contributed by atoms with Crippen molar-refractivity contribution in [3.8, 4) is 0 Å². The molecule has 2 nitrogen and oxygen atoms in total. The summed E-state index contributed by atoms with van der Waals surface area (Å²) >= 11 is 0.